The molecule has 0 aliphatic rings. The van der Waals surface area contributed by atoms with Gasteiger partial charge >= 0.3 is 124 Å². The third-order valence-corrected chi connectivity index (χ3v) is 11.4. The SMILES string of the molecule is COc1ccccc1N=Nc1c(S(=O)(=O)O)cc2cc(NC(=O)Nc3ccc4c(O)c(N=Nc5ccc6cc(S(=O)(=O)O)ccc6c5)c(S(=O)(=O)[O-])cc4c3)ccc2c1O.[Na+].[Na+].[Na+].[Na+]. The Morgan fingerprint density at radius 1 is 0.578 bits per heavy atom. The maximum Gasteiger partial charge on any atom is 1.00 e. The summed E-state index contributed by atoms with van der Waals surface area (Å²) in [7, 11) is -13.3. The smallest absolute Gasteiger partial charge is 0.744 e. The fourth-order valence-corrected chi connectivity index (χ4v) is 7.91. The van der Waals surface area contributed by atoms with E-state index in [9.17, 15) is 53.9 Å². The molecular weight excluding hydrogens is 937 g/mol. The van der Waals surface area contributed by atoms with Gasteiger partial charge in [0.1, 0.15) is 37.8 Å². The van der Waals surface area contributed by atoms with E-state index in [2.05, 4.69) is 31.1 Å². The van der Waals surface area contributed by atoms with E-state index in [0.29, 0.717) is 16.5 Å². The van der Waals surface area contributed by atoms with E-state index in [4.69, 9.17) is 4.74 Å². The molecule has 7 aromatic rings. The predicted octanol–water partition coefficient (Wildman–Crippen LogP) is -3.55. The summed E-state index contributed by atoms with van der Waals surface area (Å²) >= 11 is 0. The molecule has 0 aromatic heterocycles. The number of carbonyl (C=O) groups excluding carboxylic acids is 1. The van der Waals surface area contributed by atoms with Gasteiger partial charge in [0, 0.05) is 22.1 Å². The maximum absolute atomic E-state index is 13.1. The van der Waals surface area contributed by atoms with Crippen LogP contribution in [-0.2, 0) is 30.4 Å². The van der Waals surface area contributed by atoms with Gasteiger partial charge in [0.15, 0.2) is 11.5 Å². The van der Waals surface area contributed by atoms with E-state index in [-0.39, 0.29) is 167 Å². The molecule has 26 heteroatoms. The molecule has 0 radical (unpaired) electrons. The third kappa shape index (κ3) is 12.5. The number of azo groups is 2. The van der Waals surface area contributed by atoms with Crippen LogP contribution in [0.4, 0.5) is 38.9 Å². The molecule has 0 spiro atoms. The van der Waals surface area contributed by atoms with Crippen molar-refractivity contribution >= 4 is 103 Å². The number of para-hydroxylation sites is 1. The molecular formula is C38H27N6Na4O13S3+3. The molecule has 0 bridgehead atoms. The van der Waals surface area contributed by atoms with Gasteiger partial charge in [0.2, 0.25) is 0 Å². The quantitative estimate of drug-likeness (QED) is 0.0440. The summed E-state index contributed by atoms with van der Waals surface area (Å²) in [5, 5.41) is 44.0. The first kappa shape index (κ1) is 55.2. The molecule has 7 aromatic carbocycles. The second kappa shape index (κ2) is 22.1. The number of nitrogens with one attached hydrogen (secondary N) is 2. The Morgan fingerprint density at radius 3 is 1.64 bits per heavy atom. The van der Waals surface area contributed by atoms with E-state index in [1.165, 1.54) is 86.0 Å². The number of phenolic OH excluding ortho intramolecular Hbond substituents is 2. The van der Waals surface area contributed by atoms with Gasteiger partial charge < -0.3 is 30.1 Å². The molecule has 0 saturated heterocycles. The van der Waals surface area contributed by atoms with Gasteiger partial charge in [0.25, 0.3) is 20.2 Å². The van der Waals surface area contributed by atoms with Gasteiger partial charge in [-0.15, -0.1) is 15.3 Å². The molecule has 7 rings (SSSR count). The summed E-state index contributed by atoms with van der Waals surface area (Å²) in [6.45, 7) is 0. The molecule has 19 nitrogen and oxygen atoms in total. The van der Waals surface area contributed by atoms with Gasteiger partial charge in [-0.1, -0.05) is 24.3 Å². The van der Waals surface area contributed by atoms with E-state index < -0.39 is 69.1 Å². The first-order valence-corrected chi connectivity index (χ1v) is 21.2. The molecule has 6 N–H and O–H groups in total. The van der Waals surface area contributed by atoms with Crippen molar-refractivity contribution in [3.8, 4) is 17.2 Å². The standard InChI is InChI=1S/C38H28N6O13S3.4Na/c1-57-31-5-3-2-4-30(31)42-44-35-33(60(54,55)56)19-23-16-25(10-13-29(23)37(35)46)40-38(47)39-24-9-12-28-22(15-24)18-32(59(51,52)53)34(36(28)45)43-41-26-8-6-21-17-27(58(48,49)50)11-7-20(21)14-26;;;;/h2-19,45-46H,1H3,(H2,39,40,47)(H,48,49,50)(H,51,52,53)(H,54,55,56);;;;/q;4*+1/p-1. The molecule has 306 valence electrons. The first-order chi connectivity index (χ1) is 28.3. The zero-order valence-electron chi connectivity index (χ0n) is 34.4. The van der Waals surface area contributed by atoms with Crippen LogP contribution in [0.5, 0.6) is 17.2 Å². The average molecular weight is 964 g/mol. The van der Waals surface area contributed by atoms with Crippen LogP contribution in [-0.4, -0.2) is 62.3 Å². The topological polar surface area (TPSA) is 306 Å². The molecule has 2 amide bonds. The van der Waals surface area contributed by atoms with E-state index in [0.717, 1.165) is 12.1 Å². The molecule has 0 atom stereocenters. The third-order valence-electron chi connectivity index (χ3n) is 8.87. The van der Waals surface area contributed by atoms with Gasteiger partial charge in [-0.25, -0.2) is 13.2 Å². The summed E-state index contributed by atoms with van der Waals surface area (Å²) in [6.07, 6.45) is 0. The molecule has 0 aliphatic carbocycles. The second-order valence-corrected chi connectivity index (χ2v) is 16.9. The number of methoxy groups -OCH3 is 1. The predicted molar refractivity (Wildman–Crippen MR) is 217 cm³/mol. The molecule has 0 saturated carbocycles. The number of aromatic hydroxyl groups is 2. The first-order valence-electron chi connectivity index (χ1n) is 16.9. The van der Waals surface area contributed by atoms with Gasteiger partial charge in [0.05, 0.1) is 22.6 Å². The van der Waals surface area contributed by atoms with E-state index in [1.807, 2.05) is 0 Å². The van der Waals surface area contributed by atoms with Crippen LogP contribution < -0.4 is 134 Å². The second-order valence-electron chi connectivity index (χ2n) is 12.8. The minimum atomic E-state index is -5.27. The Hall–Kier alpha value is -3.08. The number of hydrogen-bond acceptors (Lipinski definition) is 15. The number of benzene rings is 7. The van der Waals surface area contributed by atoms with E-state index >= 15 is 0 Å². The van der Waals surface area contributed by atoms with Crippen molar-refractivity contribution in [1.29, 1.82) is 0 Å². The zero-order chi connectivity index (χ0) is 43.1. The molecule has 0 heterocycles. The number of ether oxygens (including phenoxy) is 1. The number of phenols is 2. The molecule has 0 fully saturated rings. The summed E-state index contributed by atoms with van der Waals surface area (Å²) in [4.78, 5) is 11.0. The molecule has 64 heavy (non-hydrogen) atoms. The Labute approximate surface area is 453 Å². The number of hydrogen-bond donors (Lipinski definition) is 6. The van der Waals surface area contributed by atoms with Crippen LogP contribution in [0.25, 0.3) is 32.3 Å². The number of rotatable bonds is 10. The largest absolute Gasteiger partial charge is 1.00 e. The minimum absolute atomic E-state index is 0. The van der Waals surface area contributed by atoms with E-state index in [1.54, 1.807) is 18.2 Å². The summed E-state index contributed by atoms with van der Waals surface area (Å²) < 4.78 is 109. The van der Waals surface area contributed by atoms with Gasteiger partial charge in [-0.3, -0.25) is 9.11 Å². The van der Waals surface area contributed by atoms with Crippen molar-refractivity contribution in [2.24, 2.45) is 20.5 Å². The summed E-state index contributed by atoms with van der Waals surface area (Å²) in [5.74, 6) is -1.04. The summed E-state index contributed by atoms with van der Waals surface area (Å²) in [6, 6.07) is 23.7. The molecule has 0 unspecified atom stereocenters. The van der Waals surface area contributed by atoms with Crippen LogP contribution in [0, 0.1) is 0 Å². The van der Waals surface area contributed by atoms with Gasteiger partial charge in [-0.05, 0) is 106 Å². The number of carbonyl (C=O) groups is 1. The summed E-state index contributed by atoms with van der Waals surface area (Å²) in [5.41, 5.74) is -0.685. The Bertz CT molecular complexity index is 3360. The van der Waals surface area contributed by atoms with Gasteiger partial charge in [-0.2, -0.15) is 21.9 Å². The van der Waals surface area contributed by atoms with Crippen molar-refractivity contribution < 1.29 is 177 Å². The number of anilines is 2. The van der Waals surface area contributed by atoms with Crippen molar-refractivity contribution in [3.63, 3.8) is 0 Å². The monoisotopic (exact) mass is 963 g/mol. The Morgan fingerprint density at radius 2 is 1.09 bits per heavy atom. The van der Waals surface area contributed by atoms with Crippen molar-refractivity contribution in [2.45, 2.75) is 14.7 Å². The average Bonchev–Trinajstić information content (AvgIpc) is 3.18. The number of amides is 2. The van der Waals surface area contributed by atoms with Crippen molar-refractivity contribution in [2.75, 3.05) is 17.7 Å². The fraction of sp³-hybridized carbons (Fsp3) is 0.0263. The fourth-order valence-electron chi connectivity index (χ4n) is 6.09. The Kier molecular flexibility index (Phi) is 19.1. The molecule has 0 aliphatic heterocycles. The van der Waals surface area contributed by atoms with Crippen LogP contribution in [0.3, 0.4) is 0 Å². The Balaban J connectivity index is 0.00000272. The number of fused-ring (bicyclic) bond motifs is 3. The normalized spacial score (nSPS) is 11.7. The van der Waals surface area contributed by atoms with Crippen molar-refractivity contribution in [1.82, 2.24) is 0 Å². The maximum atomic E-state index is 13.1. The van der Waals surface area contributed by atoms with Crippen LogP contribution in [0.1, 0.15) is 0 Å². The van der Waals surface area contributed by atoms with Crippen molar-refractivity contribution in [3.05, 3.63) is 109 Å². The van der Waals surface area contributed by atoms with Crippen LogP contribution in [0.2, 0.25) is 0 Å². The number of urea groups is 1. The number of nitrogens with zero attached hydrogens (tertiary/aromatic N) is 4. The van der Waals surface area contributed by atoms with Crippen LogP contribution >= 0.6 is 0 Å². The van der Waals surface area contributed by atoms with Crippen LogP contribution in [0.15, 0.2) is 144 Å². The minimum Gasteiger partial charge on any atom is -0.744 e. The zero-order valence-corrected chi connectivity index (χ0v) is 44.8.